The van der Waals surface area contributed by atoms with Gasteiger partial charge in [0.05, 0.1) is 0 Å². The highest BCUT2D eigenvalue weighted by Crippen LogP contribution is 2.02. The second-order valence-corrected chi connectivity index (χ2v) is 4.71. The summed E-state index contributed by atoms with van der Waals surface area (Å²) in [6.07, 6.45) is 0.846. The van der Waals surface area contributed by atoms with Gasteiger partial charge in [0.25, 0.3) is 0 Å². The van der Waals surface area contributed by atoms with Crippen LogP contribution < -0.4 is 11.5 Å². The van der Waals surface area contributed by atoms with Crippen LogP contribution in [0.5, 0.6) is 0 Å². The van der Waals surface area contributed by atoms with Gasteiger partial charge in [0.1, 0.15) is 11.6 Å². The topological polar surface area (TPSA) is 127 Å². The predicted molar refractivity (Wildman–Crippen MR) is 76.3 cm³/mol. The Hall–Kier alpha value is -1.92. The Morgan fingerprint density at radius 1 is 1.25 bits per heavy atom. The van der Waals surface area contributed by atoms with Crippen molar-refractivity contribution in [3.8, 4) is 0 Å². The molecule has 1 aromatic rings. The average Bonchev–Trinajstić information content (AvgIpc) is 2.40. The van der Waals surface area contributed by atoms with Gasteiger partial charge in [-0.1, -0.05) is 37.3 Å². The van der Waals surface area contributed by atoms with Gasteiger partial charge in [0.15, 0.2) is 0 Å². The van der Waals surface area contributed by atoms with Crippen LogP contribution in [0.15, 0.2) is 30.3 Å². The SMILES string of the molecule is CC[C@@](C)(N)C(=O)O.N[C@@H](Cc1ccccc1)C(=O)O. The van der Waals surface area contributed by atoms with E-state index in [1.54, 1.807) is 6.92 Å². The van der Waals surface area contributed by atoms with Crippen LogP contribution in [-0.4, -0.2) is 33.7 Å². The molecule has 20 heavy (non-hydrogen) atoms. The maximum atomic E-state index is 10.4. The number of aliphatic carboxylic acids is 2. The Balaban J connectivity index is 0.000000396. The van der Waals surface area contributed by atoms with Crippen molar-refractivity contribution < 1.29 is 19.8 Å². The molecule has 2 atom stereocenters. The Bertz CT molecular complexity index is 432. The van der Waals surface area contributed by atoms with E-state index in [4.69, 9.17) is 21.7 Å². The van der Waals surface area contributed by atoms with Crippen molar-refractivity contribution in [3.63, 3.8) is 0 Å². The van der Waals surface area contributed by atoms with Crippen LogP contribution in [0.25, 0.3) is 0 Å². The van der Waals surface area contributed by atoms with Crippen LogP contribution in [0.1, 0.15) is 25.8 Å². The highest BCUT2D eigenvalue weighted by atomic mass is 16.4. The lowest BCUT2D eigenvalue weighted by Crippen LogP contribution is -2.43. The van der Waals surface area contributed by atoms with Crippen LogP contribution in [0.4, 0.5) is 0 Å². The van der Waals surface area contributed by atoms with Gasteiger partial charge in [-0.3, -0.25) is 9.59 Å². The summed E-state index contributed by atoms with van der Waals surface area (Å²) in [4.78, 5) is 20.5. The minimum absolute atomic E-state index is 0.385. The third-order valence-electron chi connectivity index (χ3n) is 2.84. The Morgan fingerprint density at radius 3 is 2.05 bits per heavy atom. The molecule has 0 radical (unpaired) electrons. The van der Waals surface area contributed by atoms with Crippen molar-refractivity contribution in [3.05, 3.63) is 35.9 Å². The van der Waals surface area contributed by atoms with Crippen molar-refractivity contribution in [2.24, 2.45) is 11.5 Å². The number of hydrogen-bond donors (Lipinski definition) is 4. The van der Waals surface area contributed by atoms with Crippen molar-refractivity contribution in [2.75, 3.05) is 0 Å². The fraction of sp³-hybridized carbons (Fsp3) is 0.429. The lowest BCUT2D eigenvalue weighted by atomic mass is 10.0. The molecule has 0 aliphatic rings. The molecule has 0 fully saturated rings. The van der Waals surface area contributed by atoms with E-state index in [9.17, 15) is 9.59 Å². The number of rotatable bonds is 5. The fourth-order valence-corrected chi connectivity index (χ4v) is 1.11. The van der Waals surface area contributed by atoms with E-state index >= 15 is 0 Å². The molecule has 1 aromatic carbocycles. The molecule has 0 aliphatic heterocycles. The molecule has 112 valence electrons. The number of benzene rings is 1. The van der Waals surface area contributed by atoms with Gasteiger partial charge < -0.3 is 21.7 Å². The Labute approximate surface area is 118 Å². The molecule has 6 nitrogen and oxygen atoms in total. The first-order valence-corrected chi connectivity index (χ1v) is 6.25. The highest BCUT2D eigenvalue weighted by Gasteiger charge is 2.24. The van der Waals surface area contributed by atoms with Crippen molar-refractivity contribution in [1.29, 1.82) is 0 Å². The molecule has 0 aromatic heterocycles. The third-order valence-corrected chi connectivity index (χ3v) is 2.84. The first-order chi connectivity index (χ1) is 9.20. The number of carboxylic acid groups (broad SMARTS) is 2. The van der Waals surface area contributed by atoms with Gasteiger partial charge in [-0.05, 0) is 25.3 Å². The first-order valence-electron chi connectivity index (χ1n) is 6.25. The number of carboxylic acids is 2. The summed E-state index contributed by atoms with van der Waals surface area (Å²) in [5, 5.41) is 16.8. The van der Waals surface area contributed by atoms with Crippen LogP contribution in [-0.2, 0) is 16.0 Å². The number of nitrogens with two attached hydrogens (primary N) is 2. The van der Waals surface area contributed by atoms with E-state index in [0.29, 0.717) is 12.8 Å². The summed E-state index contributed by atoms with van der Waals surface area (Å²) in [7, 11) is 0. The van der Waals surface area contributed by atoms with Crippen molar-refractivity contribution >= 4 is 11.9 Å². The van der Waals surface area contributed by atoms with Crippen molar-refractivity contribution in [2.45, 2.75) is 38.3 Å². The monoisotopic (exact) mass is 282 g/mol. The van der Waals surface area contributed by atoms with Gasteiger partial charge >= 0.3 is 11.9 Å². The average molecular weight is 282 g/mol. The molecular formula is C14H22N2O4. The molecule has 0 amide bonds. The van der Waals surface area contributed by atoms with Crippen LogP contribution in [0.3, 0.4) is 0 Å². The van der Waals surface area contributed by atoms with E-state index < -0.39 is 23.5 Å². The van der Waals surface area contributed by atoms with Crippen molar-refractivity contribution in [1.82, 2.24) is 0 Å². The number of hydrogen-bond acceptors (Lipinski definition) is 4. The van der Waals surface area contributed by atoms with Crippen LogP contribution in [0.2, 0.25) is 0 Å². The smallest absolute Gasteiger partial charge is 0.323 e. The maximum Gasteiger partial charge on any atom is 0.323 e. The van der Waals surface area contributed by atoms with Gasteiger partial charge in [0.2, 0.25) is 0 Å². The summed E-state index contributed by atoms with van der Waals surface area (Å²) >= 11 is 0. The molecule has 6 heteroatoms. The Kier molecular flexibility index (Phi) is 7.49. The summed E-state index contributed by atoms with van der Waals surface area (Å²) < 4.78 is 0. The zero-order valence-corrected chi connectivity index (χ0v) is 11.7. The minimum Gasteiger partial charge on any atom is -0.480 e. The third kappa shape index (κ3) is 6.86. The number of carbonyl (C=O) groups is 2. The molecule has 0 spiro atoms. The molecule has 0 aliphatic carbocycles. The molecule has 0 saturated carbocycles. The van der Waals surface area contributed by atoms with E-state index in [0.717, 1.165) is 5.56 Å². The molecule has 0 heterocycles. The summed E-state index contributed by atoms with van der Waals surface area (Å²) in [5.74, 6) is -1.90. The van der Waals surface area contributed by atoms with Gasteiger partial charge in [-0.2, -0.15) is 0 Å². The van der Waals surface area contributed by atoms with Crippen LogP contribution in [0, 0.1) is 0 Å². The van der Waals surface area contributed by atoms with E-state index in [1.807, 2.05) is 30.3 Å². The lowest BCUT2D eigenvalue weighted by molar-refractivity contribution is -0.142. The normalized spacial score (nSPS) is 14.4. The fourth-order valence-electron chi connectivity index (χ4n) is 1.11. The molecule has 0 bridgehead atoms. The summed E-state index contributed by atoms with van der Waals surface area (Å²) in [5.41, 5.74) is 10.5. The highest BCUT2D eigenvalue weighted by molar-refractivity contribution is 5.77. The second kappa shape index (κ2) is 8.29. The molecule has 0 unspecified atom stereocenters. The van der Waals surface area contributed by atoms with Crippen LogP contribution >= 0.6 is 0 Å². The zero-order valence-electron chi connectivity index (χ0n) is 11.7. The molecule has 0 saturated heterocycles. The van der Waals surface area contributed by atoms with E-state index in [1.165, 1.54) is 6.92 Å². The van der Waals surface area contributed by atoms with E-state index in [-0.39, 0.29) is 0 Å². The Morgan fingerprint density at radius 2 is 1.75 bits per heavy atom. The summed E-state index contributed by atoms with van der Waals surface area (Å²) in [6, 6.07) is 8.54. The summed E-state index contributed by atoms with van der Waals surface area (Å²) in [6.45, 7) is 3.24. The van der Waals surface area contributed by atoms with Gasteiger partial charge in [0, 0.05) is 0 Å². The second-order valence-electron chi connectivity index (χ2n) is 4.71. The standard InChI is InChI=1S/C9H11NO2.C5H11NO2/c10-8(9(11)12)6-7-4-2-1-3-5-7;1-3-5(2,6)4(7)8/h1-5,8H,6,10H2,(H,11,12);3,6H2,1-2H3,(H,7,8)/t8-;5-/m01/s1. The predicted octanol–water partition coefficient (Wildman–Crippen LogP) is 0.839. The molecular weight excluding hydrogens is 260 g/mol. The van der Waals surface area contributed by atoms with Gasteiger partial charge in [-0.15, -0.1) is 0 Å². The minimum atomic E-state index is -1.04. The molecule has 1 rings (SSSR count). The molecule has 6 N–H and O–H groups in total. The largest absolute Gasteiger partial charge is 0.480 e. The quantitative estimate of drug-likeness (QED) is 0.634. The van der Waals surface area contributed by atoms with E-state index in [2.05, 4.69) is 0 Å². The van der Waals surface area contributed by atoms with Gasteiger partial charge in [-0.25, -0.2) is 0 Å². The first kappa shape index (κ1) is 18.1. The maximum absolute atomic E-state index is 10.4. The zero-order chi connectivity index (χ0) is 15.8. The lowest BCUT2D eigenvalue weighted by Gasteiger charge is -2.14.